The van der Waals surface area contributed by atoms with Gasteiger partial charge in [-0.2, -0.15) is 0 Å². The van der Waals surface area contributed by atoms with Crippen molar-refractivity contribution in [2.45, 2.75) is 52.1 Å². The number of rotatable bonds is 6. The fraction of sp³-hybridized carbons (Fsp3) is 0.692. The Labute approximate surface area is 108 Å². The highest BCUT2D eigenvalue weighted by Gasteiger charge is 2.23. The molecule has 0 bridgehead atoms. The van der Waals surface area contributed by atoms with Gasteiger partial charge in [-0.05, 0) is 40.2 Å². The third kappa shape index (κ3) is 3.32. The molecular formula is C13H24N4O. The zero-order valence-electron chi connectivity index (χ0n) is 11.7. The zero-order chi connectivity index (χ0) is 13.8. The molecule has 1 atom stereocenters. The van der Waals surface area contributed by atoms with Gasteiger partial charge in [-0.15, -0.1) is 0 Å². The van der Waals surface area contributed by atoms with Gasteiger partial charge in [-0.1, -0.05) is 6.92 Å². The summed E-state index contributed by atoms with van der Waals surface area (Å²) in [5, 5.41) is 3.25. The van der Waals surface area contributed by atoms with E-state index in [9.17, 15) is 4.79 Å². The molecule has 0 aromatic carbocycles. The average Bonchev–Trinajstić information content (AvgIpc) is 2.32. The first-order chi connectivity index (χ1) is 8.43. The standard InChI is InChI=1S/C13H24N4O/c1-5-13(4,6-7-14)16-11-12(18)17(10(2)3)9-8-15-11/h8-10H,5-7,14H2,1-4H3,(H,15,16). The lowest BCUT2D eigenvalue weighted by Crippen LogP contribution is -2.39. The van der Waals surface area contributed by atoms with Gasteiger partial charge < -0.3 is 15.6 Å². The fourth-order valence-corrected chi connectivity index (χ4v) is 1.85. The largest absolute Gasteiger partial charge is 0.360 e. The first-order valence-electron chi connectivity index (χ1n) is 6.49. The lowest BCUT2D eigenvalue weighted by atomic mass is 9.94. The van der Waals surface area contributed by atoms with Crippen molar-refractivity contribution in [3.8, 4) is 0 Å². The molecule has 0 spiro atoms. The molecule has 0 radical (unpaired) electrons. The van der Waals surface area contributed by atoms with E-state index in [0.717, 1.165) is 12.8 Å². The Kier molecular flexibility index (Phi) is 4.90. The predicted molar refractivity (Wildman–Crippen MR) is 74.9 cm³/mol. The van der Waals surface area contributed by atoms with Crippen LogP contribution < -0.4 is 16.6 Å². The number of anilines is 1. The molecule has 1 aromatic rings. The second kappa shape index (κ2) is 6.00. The van der Waals surface area contributed by atoms with Crippen molar-refractivity contribution < 1.29 is 0 Å². The molecule has 3 N–H and O–H groups in total. The van der Waals surface area contributed by atoms with E-state index in [1.807, 2.05) is 13.8 Å². The normalized spacial score (nSPS) is 14.6. The molecule has 0 aliphatic heterocycles. The maximum absolute atomic E-state index is 12.2. The molecule has 0 aliphatic carbocycles. The van der Waals surface area contributed by atoms with Crippen LogP contribution in [-0.2, 0) is 0 Å². The second-order valence-electron chi connectivity index (χ2n) is 5.16. The van der Waals surface area contributed by atoms with E-state index in [1.165, 1.54) is 0 Å². The Hall–Kier alpha value is -1.36. The smallest absolute Gasteiger partial charge is 0.293 e. The van der Waals surface area contributed by atoms with Crippen LogP contribution in [0.4, 0.5) is 5.82 Å². The van der Waals surface area contributed by atoms with Gasteiger partial charge in [0.15, 0.2) is 5.82 Å². The maximum Gasteiger partial charge on any atom is 0.293 e. The highest BCUT2D eigenvalue weighted by molar-refractivity contribution is 5.34. The molecule has 0 amide bonds. The number of hydrogen-bond donors (Lipinski definition) is 2. The molecule has 1 unspecified atom stereocenters. The monoisotopic (exact) mass is 252 g/mol. The summed E-state index contributed by atoms with van der Waals surface area (Å²) in [6.45, 7) is 8.68. The number of aromatic nitrogens is 2. The van der Waals surface area contributed by atoms with Crippen LogP contribution in [0.1, 0.15) is 46.6 Å². The Morgan fingerprint density at radius 3 is 2.72 bits per heavy atom. The number of hydrogen-bond acceptors (Lipinski definition) is 4. The second-order valence-corrected chi connectivity index (χ2v) is 5.16. The van der Waals surface area contributed by atoms with Gasteiger partial charge in [-0.25, -0.2) is 4.98 Å². The minimum absolute atomic E-state index is 0.0794. The summed E-state index contributed by atoms with van der Waals surface area (Å²) in [6.07, 6.45) is 5.07. The Morgan fingerprint density at radius 1 is 1.56 bits per heavy atom. The van der Waals surface area contributed by atoms with Crippen molar-refractivity contribution in [3.63, 3.8) is 0 Å². The van der Waals surface area contributed by atoms with Crippen molar-refractivity contribution in [3.05, 3.63) is 22.7 Å². The van der Waals surface area contributed by atoms with E-state index in [2.05, 4.69) is 24.1 Å². The highest BCUT2D eigenvalue weighted by Crippen LogP contribution is 2.18. The molecule has 0 saturated heterocycles. The maximum atomic E-state index is 12.2. The van der Waals surface area contributed by atoms with Gasteiger partial charge >= 0.3 is 0 Å². The Bertz CT molecular complexity index is 441. The van der Waals surface area contributed by atoms with Crippen LogP contribution in [0, 0.1) is 0 Å². The topological polar surface area (TPSA) is 72.9 Å². The summed E-state index contributed by atoms with van der Waals surface area (Å²) in [4.78, 5) is 16.4. The molecule has 5 nitrogen and oxygen atoms in total. The zero-order valence-corrected chi connectivity index (χ0v) is 11.7. The molecule has 5 heteroatoms. The summed E-state index contributed by atoms with van der Waals surface area (Å²) in [5.74, 6) is 0.406. The summed E-state index contributed by atoms with van der Waals surface area (Å²) in [7, 11) is 0. The summed E-state index contributed by atoms with van der Waals surface area (Å²) in [5.41, 5.74) is 5.35. The van der Waals surface area contributed by atoms with Crippen LogP contribution >= 0.6 is 0 Å². The van der Waals surface area contributed by atoms with Gasteiger partial charge in [-0.3, -0.25) is 4.79 Å². The van der Waals surface area contributed by atoms with Crippen LogP contribution in [0.15, 0.2) is 17.2 Å². The van der Waals surface area contributed by atoms with Crippen LogP contribution in [0.2, 0.25) is 0 Å². The van der Waals surface area contributed by atoms with E-state index in [-0.39, 0.29) is 17.1 Å². The van der Waals surface area contributed by atoms with Crippen LogP contribution in [0.3, 0.4) is 0 Å². The Balaban J connectivity index is 3.04. The summed E-state index contributed by atoms with van der Waals surface area (Å²) in [6, 6.07) is 0.128. The fourth-order valence-electron chi connectivity index (χ4n) is 1.85. The van der Waals surface area contributed by atoms with Crippen molar-refractivity contribution in [2.75, 3.05) is 11.9 Å². The highest BCUT2D eigenvalue weighted by atomic mass is 16.1. The van der Waals surface area contributed by atoms with Gasteiger partial charge in [0.25, 0.3) is 5.56 Å². The van der Waals surface area contributed by atoms with Crippen molar-refractivity contribution >= 4 is 5.82 Å². The van der Waals surface area contributed by atoms with Crippen LogP contribution in [0.25, 0.3) is 0 Å². The van der Waals surface area contributed by atoms with Gasteiger partial charge in [0, 0.05) is 24.0 Å². The predicted octanol–water partition coefficient (Wildman–Crippen LogP) is 1.75. The summed E-state index contributed by atoms with van der Waals surface area (Å²) >= 11 is 0. The molecular weight excluding hydrogens is 228 g/mol. The van der Waals surface area contributed by atoms with Crippen LogP contribution in [0.5, 0.6) is 0 Å². The third-order valence-electron chi connectivity index (χ3n) is 3.32. The molecule has 1 aromatic heterocycles. The molecule has 1 rings (SSSR count). The lowest BCUT2D eigenvalue weighted by molar-refractivity contribution is 0.459. The Morgan fingerprint density at radius 2 is 2.22 bits per heavy atom. The third-order valence-corrected chi connectivity index (χ3v) is 3.32. The molecule has 0 aliphatic rings. The van der Waals surface area contributed by atoms with Gasteiger partial charge in [0.2, 0.25) is 0 Å². The van der Waals surface area contributed by atoms with Crippen LogP contribution in [-0.4, -0.2) is 21.6 Å². The van der Waals surface area contributed by atoms with Crippen molar-refractivity contribution in [2.24, 2.45) is 5.73 Å². The average molecular weight is 252 g/mol. The molecule has 102 valence electrons. The lowest BCUT2D eigenvalue weighted by Gasteiger charge is -2.29. The molecule has 1 heterocycles. The molecule has 0 saturated carbocycles. The quantitative estimate of drug-likeness (QED) is 0.809. The van der Waals surface area contributed by atoms with Crippen molar-refractivity contribution in [1.29, 1.82) is 0 Å². The molecule has 18 heavy (non-hydrogen) atoms. The van der Waals surface area contributed by atoms with E-state index < -0.39 is 0 Å². The van der Waals surface area contributed by atoms with Gasteiger partial charge in [0.05, 0.1) is 0 Å². The SMILES string of the molecule is CCC(C)(CCN)Nc1nccn(C(C)C)c1=O. The van der Waals surface area contributed by atoms with E-state index in [4.69, 9.17) is 5.73 Å². The number of nitrogens with one attached hydrogen (secondary N) is 1. The summed E-state index contributed by atoms with van der Waals surface area (Å²) < 4.78 is 1.67. The minimum atomic E-state index is -0.183. The first kappa shape index (κ1) is 14.7. The minimum Gasteiger partial charge on any atom is -0.360 e. The van der Waals surface area contributed by atoms with Gasteiger partial charge in [0.1, 0.15) is 0 Å². The van der Waals surface area contributed by atoms with E-state index in [1.54, 1.807) is 17.0 Å². The van der Waals surface area contributed by atoms with Crippen molar-refractivity contribution in [1.82, 2.24) is 9.55 Å². The van der Waals surface area contributed by atoms with E-state index >= 15 is 0 Å². The number of nitrogens with zero attached hydrogens (tertiary/aromatic N) is 2. The first-order valence-corrected chi connectivity index (χ1v) is 6.49. The molecule has 0 fully saturated rings. The number of nitrogens with two attached hydrogens (primary N) is 1. The van der Waals surface area contributed by atoms with E-state index in [0.29, 0.717) is 12.4 Å².